The van der Waals surface area contributed by atoms with Crippen molar-refractivity contribution in [3.05, 3.63) is 59.7 Å². The summed E-state index contributed by atoms with van der Waals surface area (Å²) in [6.45, 7) is 1.94. The summed E-state index contributed by atoms with van der Waals surface area (Å²) in [4.78, 5) is 35.4. The lowest BCUT2D eigenvalue weighted by Crippen LogP contribution is -2.60. The third-order valence-electron chi connectivity index (χ3n) is 5.33. The van der Waals surface area contributed by atoms with Gasteiger partial charge in [0.25, 0.3) is 6.43 Å². The van der Waals surface area contributed by atoms with E-state index in [4.69, 9.17) is 9.84 Å². The zero-order valence-electron chi connectivity index (χ0n) is 16.9. The molecule has 164 valence electrons. The molecule has 0 heterocycles. The number of alkyl carbamates (subject to hydrolysis) is 1. The van der Waals surface area contributed by atoms with Crippen LogP contribution in [0.15, 0.2) is 48.5 Å². The van der Waals surface area contributed by atoms with Crippen LogP contribution >= 0.6 is 0 Å². The standard InChI is InChI=1S/C22H22F2N2O5/c1-12(18(27)26-22(2,19(23)24)20(28)29)25-21(30)31-11-17-15-9-5-3-7-13(15)14-8-4-6-10-16(14)17/h3-10,12,17,19H,11H2,1-2H3,(H,25,30)(H,26,27)(H,28,29)/t12-,22?/m0/s1. The Morgan fingerprint density at radius 2 is 1.58 bits per heavy atom. The van der Waals surface area contributed by atoms with Crippen molar-refractivity contribution in [1.29, 1.82) is 0 Å². The molecule has 0 aromatic heterocycles. The highest BCUT2D eigenvalue weighted by Gasteiger charge is 2.45. The van der Waals surface area contributed by atoms with Crippen molar-refractivity contribution < 1.29 is 33.0 Å². The largest absolute Gasteiger partial charge is 0.479 e. The number of alkyl halides is 2. The minimum absolute atomic E-state index is 0.0120. The SMILES string of the molecule is C[C@H](NC(=O)OCC1c2ccccc2-c2ccccc21)C(=O)NC(C)(C(=O)O)C(F)F. The summed E-state index contributed by atoms with van der Waals surface area (Å²) in [5.74, 6) is -3.14. The molecule has 0 spiro atoms. The first-order chi connectivity index (χ1) is 14.6. The average molecular weight is 432 g/mol. The minimum atomic E-state index is -3.34. The lowest BCUT2D eigenvalue weighted by molar-refractivity contribution is -0.154. The lowest BCUT2D eigenvalue weighted by Gasteiger charge is -2.27. The molecule has 2 aromatic rings. The number of carbonyl (C=O) groups excluding carboxylic acids is 2. The molecule has 0 saturated heterocycles. The monoisotopic (exact) mass is 432 g/mol. The zero-order valence-corrected chi connectivity index (χ0v) is 16.9. The maximum atomic E-state index is 13.0. The molecule has 1 aliphatic carbocycles. The minimum Gasteiger partial charge on any atom is -0.479 e. The van der Waals surface area contributed by atoms with Crippen LogP contribution < -0.4 is 10.6 Å². The number of halogens is 2. The van der Waals surface area contributed by atoms with Crippen LogP contribution in [0.3, 0.4) is 0 Å². The molecule has 0 saturated carbocycles. The third-order valence-corrected chi connectivity index (χ3v) is 5.33. The molecule has 3 N–H and O–H groups in total. The van der Waals surface area contributed by atoms with Gasteiger partial charge in [-0.2, -0.15) is 0 Å². The van der Waals surface area contributed by atoms with E-state index in [0.717, 1.165) is 22.3 Å². The number of hydrogen-bond acceptors (Lipinski definition) is 4. The Morgan fingerprint density at radius 1 is 1.06 bits per heavy atom. The fourth-order valence-corrected chi connectivity index (χ4v) is 3.45. The molecule has 2 aromatic carbocycles. The van der Waals surface area contributed by atoms with Crippen molar-refractivity contribution in [2.75, 3.05) is 6.61 Å². The van der Waals surface area contributed by atoms with Crippen LogP contribution in [-0.2, 0) is 14.3 Å². The van der Waals surface area contributed by atoms with E-state index in [1.807, 2.05) is 48.5 Å². The van der Waals surface area contributed by atoms with Crippen molar-refractivity contribution in [1.82, 2.24) is 10.6 Å². The Balaban J connectivity index is 1.62. The number of rotatable bonds is 7. The second kappa shape index (κ2) is 8.71. The van der Waals surface area contributed by atoms with E-state index in [2.05, 4.69) is 5.32 Å². The Kier molecular flexibility index (Phi) is 6.24. The third kappa shape index (κ3) is 4.35. The Bertz CT molecular complexity index is 967. The van der Waals surface area contributed by atoms with Crippen molar-refractivity contribution in [3.63, 3.8) is 0 Å². The van der Waals surface area contributed by atoms with Crippen LogP contribution in [0.1, 0.15) is 30.9 Å². The van der Waals surface area contributed by atoms with E-state index < -0.39 is 36.0 Å². The summed E-state index contributed by atoms with van der Waals surface area (Å²) >= 11 is 0. The van der Waals surface area contributed by atoms with E-state index in [-0.39, 0.29) is 12.5 Å². The molecule has 3 rings (SSSR count). The van der Waals surface area contributed by atoms with Crippen molar-refractivity contribution >= 4 is 18.0 Å². The van der Waals surface area contributed by atoms with Gasteiger partial charge in [-0.3, -0.25) is 4.79 Å². The van der Waals surface area contributed by atoms with Gasteiger partial charge in [0, 0.05) is 5.92 Å². The predicted octanol–water partition coefficient (Wildman–Crippen LogP) is 3.14. The van der Waals surface area contributed by atoms with Crippen LogP contribution in [0.4, 0.5) is 13.6 Å². The van der Waals surface area contributed by atoms with Crippen LogP contribution in [-0.4, -0.2) is 47.7 Å². The van der Waals surface area contributed by atoms with Gasteiger partial charge in [0.05, 0.1) is 0 Å². The number of carbonyl (C=O) groups is 3. The summed E-state index contributed by atoms with van der Waals surface area (Å²) in [5, 5.41) is 13.0. The van der Waals surface area contributed by atoms with Crippen LogP contribution in [0.25, 0.3) is 11.1 Å². The quantitative estimate of drug-likeness (QED) is 0.624. The van der Waals surface area contributed by atoms with Gasteiger partial charge >= 0.3 is 12.1 Å². The van der Waals surface area contributed by atoms with Gasteiger partial charge in [0.2, 0.25) is 5.91 Å². The molecule has 1 aliphatic rings. The Morgan fingerprint density at radius 3 is 2.06 bits per heavy atom. The highest BCUT2D eigenvalue weighted by atomic mass is 19.3. The van der Waals surface area contributed by atoms with Gasteiger partial charge < -0.3 is 20.5 Å². The summed E-state index contributed by atoms with van der Waals surface area (Å²) in [6, 6.07) is 14.2. The van der Waals surface area contributed by atoms with Gasteiger partial charge in [-0.15, -0.1) is 0 Å². The second-order valence-corrected chi connectivity index (χ2v) is 7.49. The first kappa shape index (κ1) is 22.2. The highest BCUT2D eigenvalue weighted by Crippen LogP contribution is 2.44. The van der Waals surface area contributed by atoms with Crippen molar-refractivity contribution in [2.45, 2.75) is 37.8 Å². The van der Waals surface area contributed by atoms with E-state index in [1.165, 1.54) is 6.92 Å². The number of nitrogens with one attached hydrogen (secondary N) is 2. The molecule has 0 radical (unpaired) electrons. The molecule has 0 bridgehead atoms. The van der Waals surface area contributed by atoms with Crippen molar-refractivity contribution in [3.8, 4) is 11.1 Å². The van der Waals surface area contributed by atoms with E-state index >= 15 is 0 Å². The van der Waals surface area contributed by atoms with E-state index in [9.17, 15) is 23.2 Å². The molecule has 9 heteroatoms. The van der Waals surface area contributed by atoms with Gasteiger partial charge in [-0.1, -0.05) is 48.5 Å². The van der Waals surface area contributed by atoms with Crippen molar-refractivity contribution in [2.24, 2.45) is 0 Å². The predicted molar refractivity (Wildman–Crippen MR) is 108 cm³/mol. The summed E-state index contributed by atoms with van der Waals surface area (Å²) in [6.07, 6.45) is -4.26. The number of carboxylic acid groups (broad SMARTS) is 1. The Labute approximate surface area is 177 Å². The smallest absolute Gasteiger partial charge is 0.407 e. The summed E-state index contributed by atoms with van der Waals surface area (Å²) in [5.41, 5.74) is 1.36. The van der Waals surface area contributed by atoms with Crippen LogP contribution in [0.5, 0.6) is 0 Å². The average Bonchev–Trinajstić information content (AvgIpc) is 3.05. The van der Waals surface area contributed by atoms with Crippen LogP contribution in [0, 0.1) is 0 Å². The first-order valence-corrected chi connectivity index (χ1v) is 9.60. The maximum Gasteiger partial charge on any atom is 0.407 e. The molecule has 0 aliphatic heterocycles. The number of amides is 2. The van der Waals surface area contributed by atoms with Gasteiger partial charge in [0.15, 0.2) is 5.54 Å². The molecule has 7 nitrogen and oxygen atoms in total. The number of fused-ring (bicyclic) bond motifs is 3. The molecule has 2 amide bonds. The maximum absolute atomic E-state index is 13.0. The number of benzene rings is 2. The zero-order chi connectivity index (χ0) is 22.8. The number of hydrogen-bond donors (Lipinski definition) is 3. The number of ether oxygens (including phenoxy) is 1. The number of carboxylic acids is 1. The van der Waals surface area contributed by atoms with Gasteiger partial charge in [-0.25, -0.2) is 18.4 Å². The molecule has 0 fully saturated rings. The molecular weight excluding hydrogens is 410 g/mol. The summed E-state index contributed by atoms with van der Waals surface area (Å²) in [7, 11) is 0. The lowest BCUT2D eigenvalue weighted by atomic mass is 9.98. The fraction of sp³-hybridized carbons (Fsp3) is 0.318. The second-order valence-electron chi connectivity index (χ2n) is 7.49. The summed E-state index contributed by atoms with van der Waals surface area (Å²) < 4.78 is 31.4. The molecule has 31 heavy (non-hydrogen) atoms. The molecular formula is C22H22F2N2O5. The Hall–Kier alpha value is -3.49. The normalized spacial score (nSPS) is 15.4. The highest BCUT2D eigenvalue weighted by molar-refractivity contribution is 5.91. The first-order valence-electron chi connectivity index (χ1n) is 9.60. The van der Waals surface area contributed by atoms with E-state index in [1.54, 1.807) is 5.32 Å². The van der Waals surface area contributed by atoms with E-state index in [0.29, 0.717) is 6.92 Å². The van der Waals surface area contributed by atoms with Gasteiger partial charge in [-0.05, 0) is 36.1 Å². The molecule has 1 unspecified atom stereocenters. The van der Waals surface area contributed by atoms with Gasteiger partial charge in [0.1, 0.15) is 12.6 Å². The fourth-order valence-electron chi connectivity index (χ4n) is 3.45. The molecule has 2 atom stereocenters. The number of aliphatic carboxylic acids is 1. The van der Waals surface area contributed by atoms with Crippen LogP contribution in [0.2, 0.25) is 0 Å². The topological polar surface area (TPSA) is 105 Å².